The molecule has 4 atom stereocenters. The van der Waals surface area contributed by atoms with E-state index < -0.39 is 11.7 Å². The van der Waals surface area contributed by atoms with Crippen molar-refractivity contribution in [2.24, 2.45) is 5.92 Å². The number of hydrogen-bond acceptors (Lipinski definition) is 2. The topological polar surface area (TPSA) is 29.5 Å². The van der Waals surface area contributed by atoms with Gasteiger partial charge < -0.3 is 9.84 Å². The van der Waals surface area contributed by atoms with Crippen LogP contribution in [0.5, 0.6) is 0 Å². The highest BCUT2D eigenvalue weighted by Gasteiger charge is 2.65. The molecule has 2 aliphatic rings. The fourth-order valence-electron chi connectivity index (χ4n) is 3.88. The van der Waals surface area contributed by atoms with E-state index in [0.717, 1.165) is 12.0 Å². The summed E-state index contributed by atoms with van der Waals surface area (Å²) in [6, 6.07) is 6.72. The Morgan fingerprint density at radius 3 is 2.42 bits per heavy atom. The normalized spacial score (nSPS) is 41.2. The maximum absolute atomic E-state index is 13.1. The first-order chi connectivity index (χ1) is 8.87. The van der Waals surface area contributed by atoms with Crippen molar-refractivity contribution < 1.29 is 14.2 Å². The standard InChI is InChI=1S/C16H21FO2/c1-10(2)16-9-14(18)15(3,19-16)8-13(16)11-4-6-12(17)7-5-11/h4-7,10,13-14,18H,8-9H2,1-3H3/t13?,14-,15+,16-/m1/s1. The fraction of sp³-hybridized carbons (Fsp3) is 0.625. The van der Waals surface area contributed by atoms with Gasteiger partial charge in [-0.3, -0.25) is 0 Å². The molecule has 1 aromatic carbocycles. The van der Waals surface area contributed by atoms with Crippen LogP contribution in [0.2, 0.25) is 0 Å². The van der Waals surface area contributed by atoms with E-state index in [1.54, 1.807) is 0 Å². The zero-order valence-corrected chi connectivity index (χ0v) is 11.7. The molecule has 3 rings (SSSR count). The zero-order chi connectivity index (χ0) is 13.8. The summed E-state index contributed by atoms with van der Waals surface area (Å²) in [5.74, 6) is 0.348. The van der Waals surface area contributed by atoms with E-state index in [9.17, 15) is 9.50 Å². The maximum atomic E-state index is 13.1. The molecule has 2 nitrogen and oxygen atoms in total. The summed E-state index contributed by atoms with van der Waals surface area (Å²) in [6.45, 7) is 6.27. The number of rotatable bonds is 2. The molecule has 2 heterocycles. The molecule has 2 fully saturated rings. The lowest BCUT2D eigenvalue weighted by Crippen LogP contribution is -2.42. The van der Waals surface area contributed by atoms with Crippen LogP contribution in [0.1, 0.15) is 45.1 Å². The van der Waals surface area contributed by atoms with Gasteiger partial charge in [-0.25, -0.2) is 4.39 Å². The molecule has 0 radical (unpaired) electrons. The number of halogens is 1. The molecule has 0 spiro atoms. The van der Waals surface area contributed by atoms with Crippen molar-refractivity contribution in [1.82, 2.24) is 0 Å². The minimum atomic E-state index is -0.455. The van der Waals surface area contributed by atoms with E-state index in [2.05, 4.69) is 13.8 Å². The lowest BCUT2D eigenvalue weighted by molar-refractivity contribution is -0.0830. The Kier molecular flexibility index (Phi) is 2.77. The van der Waals surface area contributed by atoms with Crippen LogP contribution in [0.3, 0.4) is 0 Å². The van der Waals surface area contributed by atoms with Crippen molar-refractivity contribution in [1.29, 1.82) is 0 Å². The van der Waals surface area contributed by atoms with Crippen LogP contribution >= 0.6 is 0 Å². The molecule has 2 saturated heterocycles. The first kappa shape index (κ1) is 13.1. The first-order valence-electron chi connectivity index (χ1n) is 7.01. The average molecular weight is 264 g/mol. The molecule has 2 bridgehead atoms. The van der Waals surface area contributed by atoms with E-state index in [0.29, 0.717) is 12.3 Å². The van der Waals surface area contributed by atoms with Crippen LogP contribution in [-0.4, -0.2) is 22.4 Å². The lowest BCUT2D eigenvalue weighted by atomic mass is 9.66. The second-order valence-electron chi connectivity index (χ2n) is 6.55. The van der Waals surface area contributed by atoms with Crippen molar-refractivity contribution in [3.05, 3.63) is 35.6 Å². The Morgan fingerprint density at radius 1 is 1.26 bits per heavy atom. The minimum absolute atomic E-state index is 0.210. The number of benzene rings is 1. The van der Waals surface area contributed by atoms with Crippen LogP contribution in [-0.2, 0) is 4.74 Å². The number of aliphatic hydroxyl groups is 1. The van der Waals surface area contributed by atoms with Gasteiger partial charge in [-0.05, 0) is 37.0 Å². The van der Waals surface area contributed by atoms with Gasteiger partial charge in [-0.15, -0.1) is 0 Å². The van der Waals surface area contributed by atoms with Gasteiger partial charge in [0.1, 0.15) is 5.82 Å². The molecule has 1 unspecified atom stereocenters. The Hall–Kier alpha value is -0.930. The van der Waals surface area contributed by atoms with E-state index in [1.807, 2.05) is 19.1 Å². The lowest BCUT2D eigenvalue weighted by Gasteiger charge is -2.37. The van der Waals surface area contributed by atoms with Crippen LogP contribution in [0.4, 0.5) is 4.39 Å². The van der Waals surface area contributed by atoms with Gasteiger partial charge in [0.15, 0.2) is 0 Å². The van der Waals surface area contributed by atoms with Gasteiger partial charge in [0.05, 0.1) is 17.3 Å². The maximum Gasteiger partial charge on any atom is 0.123 e. The Labute approximate surface area is 113 Å². The summed E-state index contributed by atoms with van der Waals surface area (Å²) in [5.41, 5.74) is 0.348. The highest BCUT2D eigenvalue weighted by atomic mass is 19.1. The molecular formula is C16H21FO2. The summed E-state index contributed by atoms with van der Waals surface area (Å²) < 4.78 is 19.4. The summed E-state index contributed by atoms with van der Waals surface area (Å²) in [7, 11) is 0. The van der Waals surface area contributed by atoms with E-state index >= 15 is 0 Å². The van der Waals surface area contributed by atoms with Crippen LogP contribution in [0.15, 0.2) is 24.3 Å². The largest absolute Gasteiger partial charge is 0.390 e. The Balaban J connectivity index is 2.01. The highest BCUT2D eigenvalue weighted by Crippen LogP contribution is 2.60. The SMILES string of the molecule is CC(C)[C@]12C[C@@H](O)[C@](C)(CC1c1ccc(F)cc1)O2. The minimum Gasteiger partial charge on any atom is -0.390 e. The van der Waals surface area contributed by atoms with Gasteiger partial charge in [0, 0.05) is 12.3 Å². The van der Waals surface area contributed by atoms with Crippen molar-refractivity contribution in [2.75, 3.05) is 0 Å². The average Bonchev–Trinajstić information content (AvgIpc) is 2.79. The van der Waals surface area contributed by atoms with Gasteiger partial charge in [-0.1, -0.05) is 26.0 Å². The van der Waals surface area contributed by atoms with Crippen LogP contribution < -0.4 is 0 Å². The van der Waals surface area contributed by atoms with Gasteiger partial charge in [-0.2, -0.15) is 0 Å². The quantitative estimate of drug-likeness (QED) is 0.888. The smallest absolute Gasteiger partial charge is 0.123 e. The molecule has 0 amide bonds. The van der Waals surface area contributed by atoms with Crippen molar-refractivity contribution in [3.8, 4) is 0 Å². The fourth-order valence-corrected chi connectivity index (χ4v) is 3.88. The molecule has 0 saturated carbocycles. The third-order valence-corrected chi connectivity index (χ3v) is 5.09. The highest BCUT2D eigenvalue weighted by molar-refractivity contribution is 5.30. The first-order valence-corrected chi connectivity index (χ1v) is 7.01. The van der Waals surface area contributed by atoms with Crippen LogP contribution in [0, 0.1) is 11.7 Å². The number of hydrogen-bond donors (Lipinski definition) is 1. The van der Waals surface area contributed by atoms with E-state index in [-0.39, 0.29) is 17.3 Å². The number of fused-ring (bicyclic) bond motifs is 2. The monoisotopic (exact) mass is 264 g/mol. The van der Waals surface area contributed by atoms with Gasteiger partial charge in [0.2, 0.25) is 0 Å². The van der Waals surface area contributed by atoms with Crippen LogP contribution in [0.25, 0.3) is 0 Å². The van der Waals surface area contributed by atoms with Gasteiger partial charge >= 0.3 is 0 Å². The number of aliphatic hydroxyl groups excluding tert-OH is 1. The van der Waals surface area contributed by atoms with Gasteiger partial charge in [0.25, 0.3) is 0 Å². The molecule has 0 aromatic heterocycles. The molecular weight excluding hydrogens is 243 g/mol. The predicted octanol–water partition coefficient (Wildman–Crippen LogP) is 3.25. The third kappa shape index (κ3) is 1.75. The molecule has 3 heteroatoms. The summed E-state index contributed by atoms with van der Waals surface area (Å²) in [5, 5.41) is 10.2. The Morgan fingerprint density at radius 2 is 1.89 bits per heavy atom. The molecule has 2 aliphatic heterocycles. The van der Waals surface area contributed by atoms with E-state index in [1.165, 1.54) is 12.1 Å². The van der Waals surface area contributed by atoms with Crippen molar-refractivity contribution in [3.63, 3.8) is 0 Å². The van der Waals surface area contributed by atoms with Crippen molar-refractivity contribution >= 4 is 0 Å². The zero-order valence-electron chi connectivity index (χ0n) is 11.7. The number of ether oxygens (including phenoxy) is 1. The predicted molar refractivity (Wildman–Crippen MR) is 71.4 cm³/mol. The Bertz CT molecular complexity index is 484. The molecule has 1 aromatic rings. The van der Waals surface area contributed by atoms with E-state index in [4.69, 9.17) is 4.74 Å². The van der Waals surface area contributed by atoms with Crippen molar-refractivity contribution in [2.45, 2.75) is 56.8 Å². The summed E-state index contributed by atoms with van der Waals surface area (Å²) >= 11 is 0. The summed E-state index contributed by atoms with van der Waals surface area (Å²) in [4.78, 5) is 0. The molecule has 19 heavy (non-hydrogen) atoms. The second-order valence-corrected chi connectivity index (χ2v) is 6.55. The molecule has 104 valence electrons. The molecule has 1 N–H and O–H groups in total. The third-order valence-electron chi connectivity index (χ3n) is 5.09. The summed E-state index contributed by atoms with van der Waals surface area (Å²) in [6.07, 6.45) is 1.08. The molecule has 0 aliphatic carbocycles. The second kappa shape index (κ2) is 4.03.